The summed E-state index contributed by atoms with van der Waals surface area (Å²) in [7, 11) is 2.82. The van der Waals surface area contributed by atoms with Crippen molar-refractivity contribution in [3.8, 4) is 28.7 Å². The SMILES string of the molecule is COc1ccc(C2=CC(=O)CCc3c2cc(OC)c(OC)c3OC)cc1OP([O-])[O-].[Na+].[Na+]. The van der Waals surface area contributed by atoms with Crippen molar-refractivity contribution in [3.05, 3.63) is 47.0 Å². The van der Waals surface area contributed by atoms with Crippen molar-refractivity contribution in [2.45, 2.75) is 12.8 Å². The van der Waals surface area contributed by atoms with E-state index in [2.05, 4.69) is 0 Å². The molecule has 160 valence electrons. The molecule has 32 heavy (non-hydrogen) atoms. The zero-order valence-corrected chi connectivity index (χ0v) is 23.9. The van der Waals surface area contributed by atoms with Gasteiger partial charge in [-0.25, -0.2) is 0 Å². The van der Waals surface area contributed by atoms with Crippen LogP contribution in [0.4, 0.5) is 0 Å². The largest absolute Gasteiger partial charge is 1.00 e. The average Bonchev–Trinajstić information content (AvgIpc) is 2.90. The summed E-state index contributed by atoms with van der Waals surface area (Å²) in [5.41, 5.74) is 2.67. The van der Waals surface area contributed by atoms with E-state index in [0.29, 0.717) is 34.8 Å². The molecule has 2 aromatic rings. The van der Waals surface area contributed by atoms with Crippen LogP contribution in [0.5, 0.6) is 28.7 Å². The molecule has 3 rings (SSSR count). The Labute approximate surface area is 232 Å². The van der Waals surface area contributed by atoms with E-state index in [1.54, 1.807) is 18.2 Å². The first kappa shape index (κ1) is 29.2. The summed E-state index contributed by atoms with van der Waals surface area (Å²) in [5.74, 6) is 1.58. The first-order valence-electron chi connectivity index (χ1n) is 9.01. The van der Waals surface area contributed by atoms with Gasteiger partial charge in [-0.3, -0.25) is 4.79 Å². The number of fused-ring (bicyclic) bond motifs is 1. The Kier molecular flexibility index (Phi) is 12.0. The maximum Gasteiger partial charge on any atom is 1.00 e. The van der Waals surface area contributed by atoms with E-state index in [1.807, 2.05) is 0 Å². The third kappa shape index (κ3) is 6.20. The number of ether oxygens (including phenoxy) is 4. The van der Waals surface area contributed by atoms with Gasteiger partial charge >= 0.3 is 59.1 Å². The Hall–Kier alpha value is -0.800. The standard InChI is InChI=1S/C21H21O8P.2Na/c1-25-17-8-5-12(9-18(17)29-30(23)24)15-10-13(22)6-7-14-16(15)11-19(26-2)21(28-4)20(14)27-3;;/h5,8-11H,6-7H2,1-4H3;;/q-2;2*+1. The number of carbonyl (C=O) groups excluding carboxylic acids is 1. The summed E-state index contributed by atoms with van der Waals surface area (Å²) >= 11 is 0. The van der Waals surface area contributed by atoms with Crippen LogP contribution in [-0.2, 0) is 11.2 Å². The predicted octanol–water partition coefficient (Wildman–Crippen LogP) is -4.00. The molecule has 0 aromatic heterocycles. The summed E-state index contributed by atoms with van der Waals surface area (Å²) in [6.07, 6.45) is 2.26. The average molecular weight is 478 g/mol. The minimum atomic E-state index is -3.14. The number of hydrogen-bond donors (Lipinski definition) is 0. The fraction of sp³-hybridized carbons (Fsp3) is 0.286. The Morgan fingerprint density at radius 1 is 0.812 bits per heavy atom. The van der Waals surface area contributed by atoms with Crippen LogP contribution in [0.2, 0.25) is 0 Å². The molecule has 0 fully saturated rings. The molecule has 0 bridgehead atoms. The second-order valence-electron chi connectivity index (χ2n) is 6.38. The van der Waals surface area contributed by atoms with Crippen molar-refractivity contribution in [2.75, 3.05) is 28.4 Å². The molecule has 0 atom stereocenters. The van der Waals surface area contributed by atoms with Crippen molar-refractivity contribution >= 4 is 20.0 Å². The molecule has 8 nitrogen and oxygen atoms in total. The Bertz CT molecular complexity index is 994. The fourth-order valence-corrected chi connectivity index (χ4v) is 3.80. The molecule has 0 heterocycles. The van der Waals surface area contributed by atoms with Crippen molar-refractivity contribution in [2.24, 2.45) is 0 Å². The van der Waals surface area contributed by atoms with Crippen molar-refractivity contribution in [1.29, 1.82) is 0 Å². The maximum absolute atomic E-state index is 12.5. The molecule has 0 saturated carbocycles. The second-order valence-corrected chi connectivity index (χ2v) is 7.01. The number of hydrogen-bond acceptors (Lipinski definition) is 8. The first-order valence-corrected chi connectivity index (χ1v) is 10.1. The van der Waals surface area contributed by atoms with Crippen LogP contribution in [0.1, 0.15) is 23.1 Å². The van der Waals surface area contributed by atoms with Gasteiger partial charge in [0.15, 0.2) is 28.8 Å². The molecule has 11 heteroatoms. The van der Waals surface area contributed by atoms with Crippen LogP contribution >= 0.6 is 8.60 Å². The van der Waals surface area contributed by atoms with Gasteiger partial charge in [-0.2, -0.15) is 0 Å². The number of rotatable bonds is 7. The zero-order valence-electron chi connectivity index (χ0n) is 19.0. The van der Waals surface area contributed by atoms with Gasteiger partial charge in [0.25, 0.3) is 0 Å². The number of benzene rings is 2. The molecular weight excluding hydrogens is 457 g/mol. The van der Waals surface area contributed by atoms with Crippen LogP contribution in [0.15, 0.2) is 30.3 Å². The summed E-state index contributed by atoms with van der Waals surface area (Å²) in [6.45, 7) is 0. The minimum absolute atomic E-state index is 0. The fourth-order valence-electron chi connectivity index (χ4n) is 3.50. The third-order valence-corrected chi connectivity index (χ3v) is 5.14. The molecular formula is C21H21Na2O8P. The molecule has 0 unspecified atom stereocenters. The van der Waals surface area contributed by atoms with Crippen LogP contribution in [0.3, 0.4) is 0 Å². The molecule has 0 radical (unpaired) electrons. The van der Waals surface area contributed by atoms with Gasteiger partial charge in [-0.1, -0.05) is 14.7 Å². The predicted molar refractivity (Wildman–Crippen MR) is 107 cm³/mol. The summed E-state index contributed by atoms with van der Waals surface area (Å²) < 4.78 is 26.6. The molecule has 0 saturated heterocycles. The van der Waals surface area contributed by atoms with E-state index in [0.717, 1.165) is 11.1 Å². The third-order valence-electron chi connectivity index (χ3n) is 4.80. The molecule has 1 aliphatic rings. The summed E-state index contributed by atoms with van der Waals surface area (Å²) in [6, 6.07) is 6.60. The molecule has 2 aromatic carbocycles. The number of ketones is 1. The van der Waals surface area contributed by atoms with Gasteiger partial charge in [0.1, 0.15) is 0 Å². The van der Waals surface area contributed by atoms with Crippen LogP contribution in [-0.4, -0.2) is 34.2 Å². The van der Waals surface area contributed by atoms with Gasteiger partial charge in [0.2, 0.25) is 5.75 Å². The first-order chi connectivity index (χ1) is 14.4. The van der Waals surface area contributed by atoms with Crippen molar-refractivity contribution in [1.82, 2.24) is 0 Å². The number of methoxy groups -OCH3 is 4. The number of allylic oxidation sites excluding steroid dienone is 1. The van der Waals surface area contributed by atoms with E-state index >= 15 is 0 Å². The molecule has 0 spiro atoms. The van der Waals surface area contributed by atoms with Gasteiger partial charge < -0.3 is 33.3 Å². The van der Waals surface area contributed by atoms with E-state index < -0.39 is 8.60 Å². The Morgan fingerprint density at radius 3 is 2.03 bits per heavy atom. The van der Waals surface area contributed by atoms with E-state index in [1.165, 1.54) is 40.6 Å². The smallest absolute Gasteiger partial charge is 0.810 e. The Balaban J connectivity index is 0.00000256. The van der Waals surface area contributed by atoms with Crippen molar-refractivity contribution < 1.29 is 97.2 Å². The van der Waals surface area contributed by atoms with Gasteiger partial charge in [0, 0.05) is 12.0 Å². The van der Waals surface area contributed by atoms with Crippen LogP contribution in [0.25, 0.3) is 5.57 Å². The van der Waals surface area contributed by atoms with Crippen molar-refractivity contribution in [3.63, 3.8) is 0 Å². The van der Waals surface area contributed by atoms with Gasteiger partial charge in [-0.05, 0) is 47.4 Å². The Morgan fingerprint density at radius 2 is 1.47 bits per heavy atom. The number of carbonyl (C=O) groups is 1. The molecule has 0 aliphatic heterocycles. The van der Waals surface area contributed by atoms with Crippen LogP contribution < -0.4 is 92.4 Å². The maximum atomic E-state index is 12.5. The summed E-state index contributed by atoms with van der Waals surface area (Å²) in [4.78, 5) is 34.7. The topological polar surface area (TPSA) is 109 Å². The summed E-state index contributed by atoms with van der Waals surface area (Å²) in [5, 5.41) is 0. The van der Waals surface area contributed by atoms with E-state index in [-0.39, 0.29) is 82.8 Å². The van der Waals surface area contributed by atoms with E-state index in [9.17, 15) is 14.6 Å². The molecule has 1 aliphatic carbocycles. The quantitative estimate of drug-likeness (QED) is 0.293. The minimum Gasteiger partial charge on any atom is -0.810 e. The second kappa shape index (κ2) is 13.2. The zero-order chi connectivity index (χ0) is 21.8. The van der Waals surface area contributed by atoms with Crippen LogP contribution in [0, 0.1) is 0 Å². The normalized spacial score (nSPS) is 12.5. The van der Waals surface area contributed by atoms with E-state index in [4.69, 9.17) is 23.5 Å². The van der Waals surface area contributed by atoms with Gasteiger partial charge in [-0.15, -0.1) is 0 Å². The molecule has 0 amide bonds. The monoisotopic (exact) mass is 478 g/mol. The molecule has 0 N–H and O–H groups in total. The van der Waals surface area contributed by atoms with Gasteiger partial charge in [0.05, 0.1) is 28.4 Å².